The second kappa shape index (κ2) is 6.69. The number of hydrogen-bond acceptors (Lipinski definition) is 2. The van der Waals surface area contributed by atoms with Crippen molar-refractivity contribution in [3.05, 3.63) is 35.1 Å². The normalized spacial score (nSPS) is 11.8. The molecule has 0 saturated heterocycles. The molecule has 1 aromatic carbocycles. The Morgan fingerprint density at radius 3 is 2.45 bits per heavy atom. The molecule has 20 heavy (non-hydrogen) atoms. The first-order chi connectivity index (χ1) is 9.21. The molecule has 0 radical (unpaired) electrons. The Hall–Kier alpha value is -1.63. The van der Waals surface area contributed by atoms with E-state index in [4.69, 9.17) is 0 Å². The van der Waals surface area contributed by atoms with Crippen LogP contribution in [0.1, 0.15) is 29.8 Å². The van der Waals surface area contributed by atoms with E-state index in [-0.39, 0.29) is 18.2 Å². The van der Waals surface area contributed by atoms with Crippen molar-refractivity contribution in [3.63, 3.8) is 0 Å². The molecule has 0 heterocycles. The van der Waals surface area contributed by atoms with Gasteiger partial charge in [-0.2, -0.15) is 13.2 Å². The van der Waals surface area contributed by atoms with Crippen LogP contribution < -0.4 is 10.6 Å². The number of nitrogens with one attached hydrogen (secondary N) is 2. The van der Waals surface area contributed by atoms with Crippen LogP contribution >= 0.6 is 0 Å². The zero-order chi connectivity index (χ0) is 15.3. The predicted octanol–water partition coefficient (Wildman–Crippen LogP) is 2.57. The van der Waals surface area contributed by atoms with Gasteiger partial charge in [-0.1, -0.05) is 13.8 Å². The smallest absolute Gasteiger partial charge is 0.351 e. The molecule has 0 atom stereocenters. The zero-order valence-corrected chi connectivity index (χ0v) is 11.1. The van der Waals surface area contributed by atoms with Gasteiger partial charge in [0.15, 0.2) is 0 Å². The first-order valence-corrected chi connectivity index (χ1v) is 6.10. The van der Waals surface area contributed by atoms with Gasteiger partial charge in [-0.15, -0.1) is 0 Å². The van der Waals surface area contributed by atoms with Gasteiger partial charge in [0, 0.05) is 24.7 Å². The van der Waals surface area contributed by atoms with E-state index in [1.54, 1.807) is 0 Å². The second-order valence-corrected chi connectivity index (χ2v) is 4.56. The molecule has 7 heteroatoms. The number of rotatable bonds is 5. The van der Waals surface area contributed by atoms with E-state index in [0.29, 0.717) is 18.7 Å². The Morgan fingerprint density at radius 2 is 1.90 bits per heavy atom. The van der Waals surface area contributed by atoms with Crippen LogP contribution in [-0.4, -0.2) is 25.0 Å². The number of carbonyl (C=O) groups excluding carboxylic acids is 1. The minimum Gasteiger partial charge on any atom is -0.351 e. The summed E-state index contributed by atoms with van der Waals surface area (Å²) in [5.41, 5.74) is -1.66. The standard InChI is InChI=1S/C13H16F4N2O/c1-8(2)18-5-6-19-12(20)9-3-4-11(14)10(7-9)13(15,16)17/h3-4,7-8,18H,5-6H2,1-2H3,(H,19,20). The van der Waals surface area contributed by atoms with Crippen LogP contribution in [0.3, 0.4) is 0 Å². The monoisotopic (exact) mass is 292 g/mol. The van der Waals surface area contributed by atoms with Crippen LogP contribution in [0.4, 0.5) is 17.6 Å². The van der Waals surface area contributed by atoms with Gasteiger partial charge in [0.1, 0.15) is 5.82 Å². The average molecular weight is 292 g/mol. The highest BCUT2D eigenvalue weighted by atomic mass is 19.4. The number of halogens is 4. The van der Waals surface area contributed by atoms with E-state index in [0.717, 1.165) is 6.07 Å². The maximum Gasteiger partial charge on any atom is 0.419 e. The molecule has 0 unspecified atom stereocenters. The van der Waals surface area contributed by atoms with Gasteiger partial charge in [0.05, 0.1) is 5.56 Å². The van der Waals surface area contributed by atoms with Crippen molar-refractivity contribution in [1.82, 2.24) is 10.6 Å². The zero-order valence-electron chi connectivity index (χ0n) is 11.1. The summed E-state index contributed by atoms with van der Waals surface area (Å²) in [6, 6.07) is 2.43. The van der Waals surface area contributed by atoms with Crippen molar-refractivity contribution in [2.75, 3.05) is 13.1 Å². The molecule has 1 rings (SSSR count). The summed E-state index contributed by atoms with van der Waals surface area (Å²) >= 11 is 0. The lowest BCUT2D eigenvalue weighted by Gasteiger charge is -2.11. The summed E-state index contributed by atoms with van der Waals surface area (Å²) in [4.78, 5) is 11.7. The van der Waals surface area contributed by atoms with E-state index in [1.807, 2.05) is 13.8 Å². The fraction of sp³-hybridized carbons (Fsp3) is 0.462. The number of benzene rings is 1. The van der Waals surface area contributed by atoms with Gasteiger partial charge >= 0.3 is 6.18 Å². The Bertz CT molecular complexity index is 472. The summed E-state index contributed by atoms with van der Waals surface area (Å²) in [7, 11) is 0. The van der Waals surface area contributed by atoms with Crippen molar-refractivity contribution in [2.24, 2.45) is 0 Å². The molecule has 112 valence electrons. The summed E-state index contributed by atoms with van der Waals surface area (Å²) in [5, 5.41) is 5.50. The van der Waals surface area contributed by atoms with Gasteiger partial charge in [-0.25, -0.2) is 4.39 Å². The third-order valence-corrected chi connectivity index (χ3v) is 2.50. The highest BCUT2D eigenvalue weighted by Crippen LogP contribution is 2.31. The molecule has 2 N–H and O–H groups in total. The molecule has 0 aliphatic carbocycles. The summed E-state index contributed by atoms with van der Waals surface area (Å²) in [6.45, 7) is 4.63. The molecule has 1 amide bonds. The Kier molecular flexibility index (Phi) is 5.50. The van der Waals surface area contributed by atoms with Crippen molar-refractivity contribution < 1.29 is 22.4 Å². The lowest BCUT2D eigenvalue weighted by Crippen LogP contribution is -2.34. The molecular formula is C13H16F4N2O. The molecule has 3 nitrogen and oxygen atoms in total. The third-order valence-electron chi connectivity index (χ3n) is 2.50. The number of amides is 1. The van der Waals surface area contributed by atoms with Gasteiger partial charge < -0.3 is 10.6 Å². The SMILES string of the molecule is CC(C)NCCNC(=O)c1ccc(F)c(C(F)(F)F)c1. The molecule has 0 aromatic heterocycles. The molecule has 0 spiro atoms. The molecule has 0 aliphatic heterocycles. The van der Waals surface area contributed by atoms with Crippen LogP contribution in [0.2, 0.25) is 0 Å². The van der Waals surface area contributed by atoms with Gasteiger partial charge in [0.2, 0.25) is 0 Å². The van der Waals surface area contributed by atoms with Crippen LogP contribution in [-0.2, 0) is 6.18 Å². The van der Waals surface area contributed by atoms with Crippen LogP contribution in [0.5, 0.6) is 0 Å². The highest BCUT2D eigenvalue weighted by molar-refractivity contribution is 5.94. The van der Waals surface area contributed by atoms with Crippen molar-refractivity contribution >= 4 is 5.91 Å². The molecule has 0 aliphatic rings. The first-order valence-electron chi connectivity index (χ1n) is 6.10. The maximum atomic E-state index is 13.1. The van der Waals surface area contributed by atoms with E-state index >= 15 is 0 Å². The van der Waals surface area contributed by atoms with E-state index in [1.165, 1.54) is 0 Å². The third kappa shape index (κ3) is 4.80. The summed E-state index contributed by atoms with van der Waals surface area (Å²) in [6.07, 6.45) is -4.82. The van der Waals surface area contributed by atoms with Gasteiger partial charge in [0.25, 0.3) is 5.91 Å². The molecule has 0 saturated carbocycles. The number of carbonyl (C=O) groups is 1. The predicted molar refractivity (Wildman–Crippen MR) is 66.9 cm³/mol. The van der Waals surface area contributed by atoms with Crippen molar-refractivity contribution in [2.45, 2.75) is 26.1 Å². The molecule has 0 fully saturated rings. The summed E-state index contributed by atoms with van der Waals surface area (Å²) in [5.74, 6) is -2.06. The van der Waals surface area contributed by atoms with Crippen LogP contribution in [0.15, 0.2) is 18.2 Å². The fourth-order valence-corrected chi connectivity index (χ4v) is 1.52. The average Bonchev–Trinajstić information content (AvgIpc) is 2.33. The maximum absolute atomic E-state index is 13.1. The number of alkyl halides is 3. The molecule has 1 aromatic rings. The number of hydrogen-bond donors (Lipinski definition) is 2. The molecule has 0 bridgehead atoms. The Morgan fingerprint density at radius 1 is 1.25 bits per heavy atom. The quantitative estimate of drug-likeness (QED) is 0.647. The van der Waals surface area contributed by atoms with E-state index in [2.05, 4.69) is 10.6 Å². The van der Waals surface area contributed by atoms with Gasteiger partial charge in [-0.05, 0) is 18.2 Å². The highest BCUT2D eigenvalue weighted by Gasteiger charge is 2.34. The lowest BCUT2D eigenvalue weighted by molar-refractivity contribution is -0.140. The Balaban J connectivity index is 2.70. The largest absolute Gasteiger partial charge is 0.419 e. The second-order valence-electron chi connectivity index (χ2n) is 4.56. The lowest BCUT2D eigenvalue weighted by atomic mass is 10.1. The molecular weight excluding hydrogens is 276 g/mol. The minimum absolute atomic E-state index is 0.219. The van der Waals surface area contributed by atoms with Gasteiger partial charge in [-0.3, -0.25) is 4.79 Å². The topological polar surface area (TPSA) is 41.1 Å². The minimum atomic E-state index is -4.82. The Labute approximate surface area is 114 Å². The van der Waals surface area contributed by atoms with E-state index < -0.39 is 23.5 Å². The fourth-order valence-electron chi connectivity index (χ4n) is 1.52. The van der Waals surface area contributed by atoms with E-state index in [9.17, 15) is 22.4 Å². The van der Waals surface area contributed by atoms with Crippen molar-refractivity contribution in [3.8, 4) is 0 Å². The van der Waals surface area contributed by atoms with Crippen LogP contribution in [0.25, 0.3) is 0 Å². The summed E-state index contributed by atoms with van der Waals surface area (Å²) < 4.78 is 50.6. The van der Waals surface area contributed by atoms with Crippen molar-refractivity contribution in [1.29, 1.82) is 0 Å². The van der Waals surface area contributed by atoms with Crippen LogP contribution in [0, 0.1) is 5.82 Å². The first kappa shape index (κ1) is 16.4.